The molecule has 6 nitrogen and oxygen atoms in total. The largest absolute Gasteiger partial charge is 0.397 e. The number of hydrogen-bond acceptors (Lipinski definition) is 4. The summed E-state index contributed by atoms with van der Waals surface area (Å²) in [5.41, 5.74) is 6.74. The van der Waals surface area contributed by atoms with Crippen LogP contribution in [-0.4, -0.2) is 39.9 Å². The zero-order chi connectivity index (χ0) is 12.4. The number of aromatic nitrogens is 1. The molecule has 0 bridgehead atoms. The highest BCUT2D eigenvalue weighted by Gasteiger charge is 2.27. The number of nitrogens with two attached hydrogens (primary N) is 1. The predicted octanol–water partition coefficient (Wildman–Crippen LogP) is -0.512. The summed E-state index contributed by atoms with van der Waals surface area (Å²) in [4.78, 5) is 11.9. The fourth-order valence-electron chi connectivity index (χ4n) is 1.70. The SMILES string of the molecule is Nc1cc(C(=O)NCC(O)CO)n(C2CC2)c1. The molecule has 1 saturated carbocycles. The van der Waals surface area contributed by atoms with E-state index in [1.165, 1.54) is 0 Å². The van der Waals surface area contributed by atoms with E-state index in [0.717, 1.165) is 12.8 Å². The van der Waals surface area contributed by atoms with Crippen LogP contribution in [0.5, 0.6) is 0 Å². The smallest absolute Gasteiger partial charge is 0.268 e. The van der Waals surface area contributed by atoms with Crippen molar-refractivity contribution in [3.63, 3.8) is 0 Å². The summed E-state index contributed by atoms with van der Waals surface area (Å²) in [6.45, 7) is -0.336. The van der Waals surface area contributed by atoms with Gasteiger partial charge in [0.25, 0.3) is 5.91 Å². The van der Waals surface area contributed by atoms with Crippen molar-refractivity contribution in [2.45, 2.75) is 25.0 Å². The van der Waals surface area contributed by atoms with Crippen molar-refractivity contribution in [1.29, 1.82) is 0 Å². The number of carbonyl (C=O) groups excluding carboxylic acids is 1. The number of amides is 1. The van der Waals surface area contributed by atoms with E-state index in [-0.39, 0.29) is 19.1 Å². The number of nitrogens with one attached hydrogen (secondary N) is 1. The third-order valence-electron chi connectivity index (χ3n) is 2.75. The normalized spacial score (nSPS) is 16.8. The van der Waals surface area contributed by atoms with Crippen LogP contribution in [0.3, 0.4) is 0 Å². The first-order chi connectivity index (χ1) is 8.11. The molecule has 1 fully saturated rings. The summed E-state index contributed by atoms with van der Waals surface area (Å²) in [6.07, 6.45) is 2.96. The molecule has 2 rings (SSSR count). The zero-order valence-corrected chi connectivity index (χ0v) is 9.47. The lowest BCUT2D eigenvalue weighted by Gasteiger charge is -2.10. The van der Waals surface area contributed by atoms with Crippen LogP contribution < -0.4 is 11.1 Å². The predicted molar refractivity (Wildman–Crippen MR) is 62.5 cm³/mol. The molecular formula is C11H17N3O3. The first-order valence-corrected chi connectivity index (χ1v) is 5.66. The zero-order valence-electron chi connectivity index (χ0n) is 9.47. The van der Waals surface area contributed by atoms with E-state index in [9.17, 15) is 4.79 Å². The summed E-state index contributed by atoms with van der Waals surface area (Å²) in [5.74, 6) is -0.277. The minimum absolute atomic E-state index is 0.0328. The maximum atomic E-state index is 11.9. The summed E-state index contributed by atoms with van der Waals surface area (Å²) in [7, 11) is 0. The third kappa shape index (κ3) is 2.78. The molecule has 1 unspecified atom stereocenters. The molecule has 94 valence electrons. The van der Waals surface area contributed by atoms with Crippen LogP contribution in [0.2, 0.25) is 0 Å². The van der Waals surface area contributed by atoms with Gasteiger partial charge in [-0.3, -0.25) is 4.79 Å². The van der Waals surface area contributed by atoms with Gasteiger partial charge >= 0.3 is 0 Å². The van der Waals surface area contributed by atoms with Crippen LogP contribution in [0.1, 0.15) is 29.4 Å². The van der Waals surface area contributed by atoms with E-state index < -0.39 is 6.10 Å². The van der Waals surface area contributed by atoms with E-state index in [0.29, 0.717) is 17.4 Å². The van der Waals surface area contributed by atoms with Crippen molar-refractivity contribution in [3.8, 4) is 0 Å². The number of carbonyl (C=O) groups is 1. The highest BCUT2D eigenvalue weighted by molar-refractivity contribution is 5.93. The molecule has 0 spiro atoms. The average molecular weight is 239 g/mol. The van der Waals surface area contributed by atoms with Gasteiger partial charge in [0.05, 0.1) is 18.4 Å². The van der Waals surface area contributed by atoms with Gasteiger partial charge in [-0.15, -0.1) is 0 Å². The Bertz CT molecular complexity index is 412. The number of aliphatic hydroxyl groups is 2. The topological polar surface area (TPSA) is 101 Å². The van der Waals surface area contributed by atoms with Crippen LogP contribution in [0, 0.1) is 0 Å². The second-order valence-corrected chi connectivity index (χ2v) is 4.34. The number of rotatable bonds is 5. The Labute approximate surface area is 99.0 Å². The molecule has 1 amide bonds. The summed E-state index contributed by atoms with van der Waals surface area (Å²) in [6, 6.07) is 2.00. The monoisotopic (exact) mass is 239 g/mol. The van der Waals surface area contributed by atoms with Crippen molar-refractivity contribution >= 4 is 11.6 Å². The molecule has 5 N–H and O–H groups in total. The number of anilines is 1. The van der Waals surface area contributed by atoms with Gasteiger partial charge in [0.15, 0.2) is 0 Å². The van der Waals surface area contributed by atoms with Gasteiger partial charge < -0.3 is 25.8 Å². The quantitative estimate of drug-likeness (QED) is 0.556. The van der Waals surface area contributed by atoms with Crippen molar-refractivity contribution in [2.75, 3.05) is 18.9 Å². The van der Waals surface area contributed by atoms with Crippen LogP contribution in [0.25, 0.3) is 0 Å². The summed E-state index contributed by atoms with van der Waals surface area (Å²) >= 11 is 0. The molecule has 0 aliphatic heterocycles. The van der Waals surface area contributed by atoms with Crippen LogP contribution in [0.4, 0.5) is 5.69 Å². The Morgan fingerprint density at radius 1 is 1.65 bits per heavy atom. The second-order valence-electron chi connectivity index (χ2n) is 4.34. The first kappa shape index (κ1) is 11.9. The molecule has 1 heterocycles. The standard InChI is InChI=1S/C11H17N3O3/c12-7-3-10(14(5-7)8-1-2-8)11(17)13-4-9(16)6-15/h3,5,8-9,15-16H,1-2,4,6,12H2,(H,13,17). The van der Waals surface area contributed by atoms with Gasteiger partial charge in [-0.05, 0) is 18.9 Å². The van der Waals surface area contributed by atoms with Crippen LogP contribution in [0.15, 0.2) is 12.3 Å². The fraction of sp³-hybridized carbons (Fsp3) is 0.545. The highest BCUT2D eigenvalue weighted by Crippen LogP contribution is 2.37. The molecule has 0 radical (unpaired) electrons. The lowest BCUT2D eigenvalue weighted by atomic mass is 10.3. The number of aliphatic hydroxyl groups excluding tert-OH is 2. The summed E-state index contributed by atoms with van der Waals surface area (Å²) < 4.78 is 1.87. The summed E-state index contributed by atoms with van der Waals surface area (Å²) in [5, 5.41) is 20.4. The minimum Gasteiger partial charge on any atom is -0.397 e. The maximum absolute atomic E-state index is 11.9. The number of hydrogen-bond donors (Lipinski definition) is 4. The second kappa shape index (κ2) is 4.77. The van der Waals surface area contributed by atoms with E-state index in [4.69, 9.17) is 15.9 Å². The lowest BCUT2D eigenvalue weighted by molar-refractivity contribution is 0.0796. The average Bonchev–Trinajstić information content (AvgIpc) is 3.09. The van der Waals surface area contributed by atoms with E-state index in [2.05, 4.69) is 5.32 Å². The first-order valence-electron chi connectivity index (χ1n) is 5.66. The van der Waals surface area contributed by atoms with Gasteiger partial charge in [0, 0.05) is 18.8 Å². The molecule has 0 aromatic carbocycles. The van der Waals surface area contributed by atoms with Crippen molar-refractivity contribution < 1.29 is 15.0 Å². The Morgan fingerprint density at radius 2 is 2.35 bits per heavy atom. The Kier molecular flexibility index (Phi) is 3.35. The van der Waals surface area contributed by atoms with Gasteiger partial charge in [-0.25, -0.2) is 0 Å². The van der Waals surface area contributed by atoms with E-state index >= 15 is 0 Å². The van der Waals surface area contributed by atoms with Gasteiger partial charge in [-0.1, -0.05) is 0 Å². The van der Waals surface area contributed by atoms with Gasteiger partial charge in [0.2, 0.25) is 0 Å². The Balaban J connectivity index is 2.03. The third-order valence-corrected chi connectivity index (χ3v) is 2.75. The Hall–Kier alpha value is -1.53. The molecule has 1 aliphatic rings. The van der Waals surface area contributed by atoms with E-state index in [1.807, 2.05) is 4.57 Å². The van der Waals surface area contributed by atoms with Crippen molar-refractivity contribution in [3.05, 3.63) is 18.0 Å². The molecule has 17 heavy (non-hydrogen) atoms. The Morgan fingerprint density at radius 3 is 2.94 bits per heavy atom. The fourth-order valence-corrected chi connectivity index (χ4v) is 1.70. The number of nitrogens with zero attached hydrogens (tertiary/aromatic N) is 1. The molecule has 1 atom stereocenters. The maximum Gasteiger partial charge on any atom is 0.268 e. The number of nitrogen functional groups attached to an aromatic ring is 1. The molecule has 6 heteroatoms. The van der Waals surface area contributed by atoms with Crippen molar-refractivity contribution in [2.24, 2.45) is 0 Å². The van der Waals surface area contributed by atoms with Crippen LogP contribution >= 0.6 is 0 Å². The molecular weight excluding hydrogens is 222 g/mol. The minimum atomic E-state index is -0.930. The van der Waals surface area contributed by atoms with Gasteiger partial charge in [-0.2, -0.15) is 0 Å². The molecule has 1 aromatic heterocycles. The van der Waals surface area contributed by atoms with Crippen LogP contribution in [-0.2, 0) is 0 Å². The van der Waals surface area contributed by atoms with E-state index in [1.54, 1.807) is 12.3 Å². The molecule has 1 aliphatic carbocycles. The molecule has 0 saturated heterocycles. The van der Waals surface area contributed by atoms with Crippen molar-refractivity contribution in [1.82, 2.24) is 9.88 Å². The van der Waals surface area contributed by atoms with Gasteiger partial charge in [0.1, 0.15) is 5.69 Å². The molecule has 1 aromatic rings. The lowest BCUT2D eigenvalue weighted by Crippen LogP contribution is -2.34. The highest BCUT2D eigenvalue weighted by atomic mass is 16.3.